The van der Waals surface area contributed by atoms with Gasteiger partial charge in [-0.05, 0) is 79.9 Å². The molecule has 93 heavy (non-hydrogen) atoms. The third-order valence-electron chi connectivity index (χ3n) is 15.9. The number of β-amino-alcohol motifs (C(OH)–C–C–N with tert-alkyl or cyclic N) is 1. The molecule has 4 aromatic carbocycles. The monoisotopic (exact) mass is 1350 g/mol. The molecule has 3 aliphatic rings. The predicted molar refractivity (Wildman–Crippen MR) is 344 cm³/mol. The molecule has 3 aliphatic heterocycles. The summed E-state index contributed by atoms with van der Waals surface area (Å²) in [6.07, 6.45) is -11.9. The number of nitrogens with zero attached hydrogens (tertiary/aromatic N) is 4. The highest BCUT2D eigenvalue weighted by Gasteiger charge is 2.50. The Kier molecular flexibility index (Phi) is 27.6. The van der Waals surface area contributed by atoms with Gasteiger partial charge in [0.25, 0.3) is 5.91 Å². The first-order valence-electron chi connectivity index (χ1n) is 30.0. The number of aromatic hydroxyl groups is 1. The molecule has 0 radical (unpaired) electrons. The van der Waals surface area contributed by atoms with Crippen molar-refractivity contribution in [2.24, 2.45) is 17.4 Å². The number of aliphatic hydroxyl groups is 6. The number of hydrogen-bond donors (Lipinski definition) is 14. The van der Waals surface area contributed by atoms with Crippen LogP contribution in [0, 0.1) is 5.92 Å². The standard InChI is InChI=1S/C62H79N11O17S.2ClH/c1-4-88-23-24-89-42-16-14-36(15-17-42)35-6-10-38(11-7-35)59-70-71-60(91-59)39-12-8-37(9-13-39)54(81)66-43-27-40(75)29-65-58(85)52-53(80)32(2)30-73(52)62(87)51(46(78)19-20-63)69-57(84)50(47(79)25-34-5-18-45(77)48(26-34)90-22-21-64)68-56(83)44-28-41(76)31-72(44)61(86)49(33(3)74)67-55(43)82;;/h5-18,26,32-33,40-41,43-44,46-47,49-53,74-80H,4,19-25,27-31,63-64H2,1-3H3,(H,65,85)(H,66,81)(H,67,82)(H,68,83)(H,69,84);2*1H/t32-,33+,40+,41+,43-,44-,46+,47+,49-,50-,51-,52-,53-;;/m0../s1. The van der Waals surface area contributed by atoms with Gasteiger partial charge in [0.15, 0.2) is 11.5 Å². The number of fused-ring (bicyclic) bond motifs is 2. The van der Waals surface area contributed by atoms with Gasteiger partial charge in [-0.1, -0.05) is 72.9 Å². The average molecular weight is 1360 g/mol. The van der Waals surface area contributed by atoms with E-state index >= 15 is 0 Å². The molecular weight excluding hydrogens is 1270 g/mol. The van der Waals surface area contributed by atoms with Crippen LogP contribution in [0.1, 0.15) is 56.0 Å². The summed E-state index contributed by atoms with van der Waals surface area (Å²) in [6, 6.07) is 14.7. The lowest BCUT2D eigenvalue weighted by atomic mass is 9.98. The van der Waals surface area contributed by atoms with Crippen molar-refractivity contribution in [2.75, 3.05) is 59.2 Å². The maximum absolute atomic E-state index is 14.7. The van der Waals surface area contributed by atoms with Crippen molar-refractivity contribution >= 4 is 77.5 Å². The Morgan fingerprint density at radius 3 is 1.91 bits per heavy atom. The number of carbonyl (C=O) groups excluding carboxylic acids is 7. The molecule has 0 spiro atoms. The van der Waals surface area contributed by atoms with Gasteiger partial charge in [0.05, 0.1) is 43.2 Å². The highest BCUT2D eigenvalue weighted by atomic mass is 35.5. The molecule has 0 bridgehead atoms. The van der Waals surface area contributed by atoms with Crippen molar-refractivity contribution < 1.29 is 83.5 Å². The van der Waals surface area contributed by atoms with Crippen LogP contribution >= 0.6 is 36.2 Å². The molecule has 31 heteroatoms. The van der Waals surface area contributed by atoms with Crippen molar-refractivity contribution in [3.63, 3.8) is 0 Å². The normalized spacial score (nSPS) is 24.2. The van der Waals surface area contributed by atoms with Gasteiger partial charge in [-0.25, -0.2) is 0 Å². The third-order valence-corrected chi connectivity index (χ3v) is 16.9. The molecule has 8 rings (SSSR count). The van der Waals surface area contributed by atoms with E-state index in [-0.39, 0.29) is 80.1 Å². The third kappa shape index (κ3) is 18.8. The smallest absolute Gasteiger partial charge is 0.251 e. The van der Waals surface area contributed by atoms with Crippen LogP contribution in [0.5, 0.6) is 17.2 Å². The first-order chi connectivity index (χ1) is 43.6. The van der Waals surface area contributed by atoms with E-state index in [1.165, 1.54) is 48.6 Å². The number of nitrogens with two attached hydrogens (primary N) is 2. The Hall–Kier alpha value is -7.65. The average Bonchev–Trinajstić information content (AvgIpc) is 1.70. The van der Waals surface area contributed by atoms with Gasteiger partial charge in [0.2, 0.25) is 35.4 Å². The first kappa shape index (κ1) is 74.4. The minimum Gasteiger partial charge on any atom is -0.504 e. The van der Waals surface area contributed by atoms with Crippen LogP contribution < -0.4 is 47.5 Å². The Morgan fingerprint density at radius 1 is 0.688 bits per heavy atom. The second-order valence-electron chi connectivity index (χ2n) is 22.7. The molecule has 0 aliphatic carbocycles. The first-order valence-corrected chi connectivity index (χ1v) is 30.8. The number of phenols is 1. The number of aromatic nitrogens is 2. The number of carbonyl (C=O) groups is 7. The number of hydrogen-bond acceptors (Lipinski definition) is 22. The van der Waals surface area contributed by atoms with Gasteiger partial charge in [0, 0.05) is 74.7 Å². The van der Waals surface area contributed by atoms with Crippen molar-refractivity contribution in [2.45, 2.75) is 119 Å². The maximum atomic E-state index is 14.7. The summed E-state index contributed by atoms with van der Waals surface area (Å²) >= 11 is 1.30. The van der Waals surface area contributed by atoms with E-state index in [1.54, 1.807) is 12.1 Å². The fraction of sp³-hybridized carbons (Fsp3) is 0.468. The lowest BCUT2D eigenvalue weighted by Crippen LogP contribution is -2.64. The lowest BCUT2D eigenvalue weighted by Gasteiger charge is -2.34. The second kappa shape index (κ2) is 34.5. The number of phenolic OH excluding ortho intramolecular Hbond substituents is 1. The van der Waals surface area contributed by atoms with E-state index in [0.29, 0.717) is 35.4 Å². The Bertz CT molecular complexity index is 3340. The molecule has 28 nitrogen and oxygen atoms in total. The topological polar surface area (TPSA) is 433 Å². The van der Waals surface area contributed by atoms with Gasteiger partial charge >= 0.3 is 0 Å². The molecule has 506 valence electrons. The fourth-order valence-corrected chi connectivity index (χ4v) is 11.8. The summed E-state index contributed by atoms with van der Waals surface area (Å²) < 4.78 is 16.6. The van der Waals surface area contributed by atoms with E-state index in [9.17, 15) is 69.3 Å². The van der Waals surface area contributed by atoms with Gasteiger partial charge in [-0.15, -0.1) is 35.0 Å². The van der Waals surface area contributed by atoms with Crippen LogP contribution in [0.2, 0.25) is 0 Å². The van der Waals surface area contributed by atoms with Crippen LogP contribution in [0.4, 0.5) is 0 Å². The number of ether oxygens (including phenoxy) is 3. The van der Waals surface area contributed by atoms with E-state index in [1.807, 2.05) is 55.5 Å². The van der Waals surface area contributed by atoms with Crippen LogP contribution in [-0.2, 0) is 39.9 Å². The van der Waals surface area contributed by atoms with Crippen LogP contribution in [0.3, 0.4) is 0 Å². The molecule has 5 aromatic rings. The highest BCUT2D eigenvalue weighted by molar-refractivity contribution is 7.17. The number of nitrogens with one attached hydrogen (secondary N) is 5. The molecular formula is C62H81Cl2N11O17S. The number of rotatable bonds is 20. The summed E-state index contributed by atoms with van der Waals surface area (Å²) in [7, 11) is 0. The maximum Gasteiger partial charge on any atom is 0.251 e. The largest absolute Gasteiger partial charge is 0.504 e. The molecule has 7 amide bonds. The molecule has 3 saturated heterocycles. The molecule has 1 aromatic heterocycles. The molecule has 16 N–H and O–H groups in total. The van der Waals surface area contributed by atoms with E-state index in [0.717, 1.165) is 39.2 Å². The number of amides is 7. The Balaban J connectivity index is 0.00000686. The predicted octanol–water partition coefficient (Wildman–Crippen LogP) is -0.862. The van der Waals surface area contributed by atoms with E-state index < -0.39 is 152 Å². The van der Waals surface area contributed by atoms with Gasteiger partial charge in [0.1, 0.15) is 65.2 Å². The van der Waals surface area contributed by atoms with Gasteiger partial charge < -0.3 is 97.8 Å². The lowest BCUT2D eigenvalue weighted by molar-refractivity contribution is -0.147. The summed E-state index contributed by atoms with van der Waals surface area (Å²) in [5.41, 5.74) is 15.0. The minimum atomic E-state index is -2.05. The van der Waals surface area contributed by atoms with Gasteiger partial charge in [-0.2, -0.15) is 0 Å². The van der Waals surface area contributed by atoms with Crippen molar-refractivity contribution in [1.29, 1.82) is 0 Å². The van der Waals surface area contributed by atoms with Crippen molar-refractivity contribution in [1.82, 2.24) is 46.6 Å². The summed E-state index contributed by atoms with van der Waals surface area (Å²) in [6.45, 7) is 4.52. The Labute approximate surface area is 552 Å². The van der Waals surface area contributed by atoms with Crippen molar-refractivity contribution in [3.05, 3.63) is 102 Å². The van der Waals surface area contributed by atoms with Crippen LogP contribution in [0.25, 0.3) is 32.3 Å². The van der Waals surface area contributed by atoms with E-state index in [2.05, 4.69) is 36.8 Å². The molecule has 4 heterocycles. The molecule has 13 atom stereocenters. The molecule has 3 fully saturated rings. The number of aliphatic hydroxyl groups excluding tert-OH is 6. The minimum absolute atomic E-state index is 0. The second-order valence-corrected chi connectivity index (χ2v) is 23.6. The highest BCUT2D eigenvalue weighted by Crippen LogP contribution is 2.33. The fourth-order valence-electron chi connectivity index (χ4n) is 11.0. The zero-order valence-electron chi connectivity index (χ0n) is 51.2. The summed E-state index contributed by atoms with van der Waals surface area (Å²) in [5, 5.41) is 101. The number of halogens is 2. The van der Waals surface area contributed by atoms with Crippen LogP contribution in [0.15, 0.2) is 91.0 Å². The molecule has 0 saturated carbocycles. The van der Waals surface area contributed by atoms with Crippen molar-refractivity contribution in [3.8, 4) is 49.5 Å². The molecule has 0 unspecified atom stereocenters. The van der Waals surface area contributed by atoms with Gasteiger partial charge in [-0.3, -0.25) is 33.6 Å². The summed E-state index contributed by atoms with van der Waals surface area (Å²) in [4.78, 5) is 103. The Morgan fingerprint density at radius 2 is 1.29 bits per heavy atom. The zero-order chi connectivity index (χ0) is 65.6. The van der Waals surface area contributed by atoms with E-state index in [4.69, 9.17) is 25.7 Å². The summed E-state index contributed by atoms with van der Waals surface area (Å²) in [5.74, 6) is -7.97. The number of benzene rings is 4. The quantitative estimate of drug-likeness (QED) is 0.0422. The SMILES string of the molecule is CCOCCOc1ccc(-c2ccc(-c3nnc(-c4ccc(C(=O)N[C@H]5C[C@@H](O)CNC(=O)[C@@H]6[C@@H](O)[C@@H](C)CN6C(=O)[C@H]([C@H](O)CCN)NC(=O)[C@H]([C@H](O)Cc6ccc(O)c(OCCN)c6)NC(=O)[C@@H]6C[C@@H](O)CN6C(=O)[C@H]([C@@H](C)O)NC5=O)cc4)s3)cc2)cc1.Cl.Cl. The zero-order valence-corrected chi connectivity index (χ0v) is 53.7. The van der Waals surface area contributed by atoms with Crippen LogP contribution in [-0.4, -0.2) is 229 Å².